The van der Waals surface area contributed by atoms with E-state index in [1.54, 1.807) is 6.07 Å². The Labute approximate surface area is 117 Å². The van der Waals surface area contributed by atoms with Crippen molar-refractivity contribution in [2.75, 3.05) is 13.7 Å². The van der Waals surface area contributed by atoms with Gasteiger partial charge in [0.1, 0.15) is 5.75 Å². The average Bonchev–Trinajstić information content (AvgIpc) is 2.53. The van der Waals surface area contributed by atoms with Gasteiger partial charge in [-0.1, -0.05) is 30.3 Å². The van der Waals surface area contributed by atoms with Crippen LogP contribution in [0.25, 0.3) is 0 Å². The van der Waals surface area contributed by atoms with E-state index in [1.807, 2.05) is 30.3 Å². The molecule has 1 aromatic heterocycles. The monoisotopic (exact) mass is 272 g/mol. The van der Waals surface area contributed by atoms with E-state index in [-0.39, 0.29) is 12.5 Å². The van der Waals surface area contributed by atoms with Gasteiger partial charge in [-0.2, -0.15) is 0 Å². The van der Waals surface area contributed by atoms with Crippen molar-refractivity contribution in [2.24, 2.45) is 0 Å². The zero-order valence-corrected chi connectivity index (χ0v) is 11.1. The van der Waals surface area contributed by atoms with Gasteiger partial charge in [-0.25, -0.2) is 0 Å². The summed E-state index contributed by atoms with van der Waals surface area (Å²) in [4.78, 5) is 16.1. The molecular weight excluding hydrogens is 256 g/mol. The lowest BCUT2D eigenvalue weighted by molar-refractivity contribution is 0.0913. The van der Waals surface area contributed by atoms with Crippen LogP contribution in [0.5, 0.6) is 5.75 Å². The molecule has 0 fully saturated rings. The van der Waals surface area contributed by atoms with Crippen molar-refractivity contribution >= 4 is 5.91 Å². The van der Waals surface area contributed by atoms with Gasteiger partial charge in [0, 0.05) is 6.20 Å². The van der Waals surface area contributed by atoms with Crippen molar-refractivity contribution in [3.8, 4) is 5.75 Å². The Balaban J connectivity index is 2.18. The number of benzene rings is 1. The van der Waals surface area contributed by atoms with Gasteiger partial charge in [0.15, 0.2) is 0 Å². The highest BCUT2D eigenvalue weighted by Gasteiger charge is 2.17. The summed E-state index contributed by atoms with van der Waals surface area (Å²) in [6, 6.07) is 10.4. The second kappa shape index (κ2) is 6.68. The van der Waals surface area contributed by atoms with E-state index in [0.717, 1.165) is 5.56 Å². The molecule has 104 valence electrons. The summed E-state index contributed by atoms with van der Waals surface area (Å²) < 4.78 is 5.10. The molecule has 5 heteroatoms. The third-order valence-electron chi connectivity index (χ3n) is 2.94. The predicted molar refractivity (Wildman–Crippen MR) is 74.5 cm³/mol. The second-order valence-electron chi connectivity index (χ2n) is 4.20. The summed E-state index contributed by atoms with van der Waals surface area (Å²) in [6.45, 7) is -0.177. The van der Waals surface area contributed by atoms with Crippen LogP contribution in [0.15, 0.2) is 48.8 Å². The Morgan fingerprint density at radius 2 is 2.10 bits per heavy atom. The number of amides is 1. The highest BCUT2D eigenvalue weighted by atomic mass is 16.5. The molecule has 2 rings (SSSR count). The fraction of sp³-hybridized carbons (Fsp3) is 0.200. The molecule has 0 unspecified atom stereocenters. The highest BCUT2D eigenvalue weighted by Crippen LogP contribution is 2.18. The molecule has 0 aliphatic heterocycles. The van der Waals surface area contributed by atoms with Crippen LogP contribution in [0.4, 0.5) is 0 Å². The first-order chi connectivity index (χ1) is 9.76. The van der Waals surface area contributed by atoms with Crippen LogP contribution in [-0.2, 0) is 0 Å². The zero-order valence-electron chi connectivity index (χ0n) is 11.1. The zero-order chi connectivity index (χ0) is 14.4. The maximum Gasteiger partial charge on any atom is 0.255 e. The molecule has 0 radical (unpaired) electrons. The number of nitrogens with one attached hydrogen (secondary N) is 1. The standard InChI is InChI=1S/C15H16N2O3/c1-20-14-9-16-8-7-12(14)15(19)17-13(10-18)11-5-3-2-4-6-11/h2-9,13,18H,10H2,1H3,(H,17,19)/t13-/m1/s1. The van der Waals surface area contributed by atoms with E-state index in [9.17, 15) is 9.90 Å². The van der Waals surface area contributed by atoms with Gasteiger partial charge in [0.2, 0.25) is 0 Å². The average molecular weight is 272 g/mol. The minimum Gasteiger partial charge on any atom is -0.494 e. The maximum atomic E-state index is 12.2. The van der Waals surface area contributed by atoms with E-state index in [4.69, 9.17) is 4.74 Å². The smallest absolute Gasteiger partial charge is 0.255 e. The van der Waals surface area contributed by atoms with Crippen molar-refractivity contribution in [3.05, 3.63) is 59.9 Å². The molecule has 0 saturated heterocycles. The van der Waals surface area contributed by atoms with E-state index < -0.39 is 6.04 Å². The Kier molecular flexibility index (Phi) is 4.68. The Bertz CT molecular complexity index is 572. The first-order valence-electron chi connectivity index (χ1n) is 6.21. The molecule has 20 heavy (non-hydrogen) atoms. The number of ether oxygens (including phenoxy) is 1. The number of hydrogen-bond donors (Lipinski definition) is 2. The van der Waals surface area contributed by atoms with Gasteiger partial charge in [-0.3, -0.25) is 9.78 Å². The largest absolute Gasteiger partial charge is 0.494 e. The quantitative estimate of drug-likeness (QED) is 0.866. The molecule has 1 atom stereocenters. The number of nitrogens with zero attached hydrogens (tertiary/aromatic N) is 1. The van der Waals surface area contributed by atoms with E-state index in [0.29, 0.717) is 11.3 Å². The van der Waals surface area contributed by atoms with Crippen molar-refractivity contribution < 1.29 is 14.6 Å². The summed E-state index contributed by atoms with van der Waals surface area (Å²) in [6.07, 6.45) is 3.00. The Morgan fingerprint density at radius 1 is 1.35 bits per heavy atom. The van der Waals surface area contributed by atoms with Crippen LogP contribution in [-0.4, -0.2) is 29.7 Å². The summed E-state index contributed by atoms with van der Waals surface area (Å²) in [5.41, 5.74) is 1.23. The fourth-order valence-corrected chi connectivity index (χ4v) is 1.89. The van der Waals surface area contributed by atoms with Gasteiger partial charge in [-0.15, -0.1) is 0 Å². The molecule has 0 aliphatic rings. The van der Waals surface area contributed by atoms with Gasteiger partial charge in [0.05, 0.1) is 31.5 Å². The first kappa shape index (κ1) is 14.0. The topological polar surface area (TPSA) is 71.5 Å². The summed E-state index contributed by atoms with van der Waals surface area (Å²) in [7, 11) is 1.48. The minimum absolute atomic E-state index is 0.177. The SMILES string of the molecule is COc1cnccc1C(=O)N[C@H](CO)c1ccccc1. The van der Waals surface area contributed by atoms with Crippen LogP contribution in [0.2, 0.25) is 0 Å². The highest BCUT2D eigenvalue weighted by molar-refractivity contribution is 5.97. The molecule has 1 aromatic carbocycles. The van der Waals surface area contributed by atoms with Crippen molar-refractivity contribution in [1.82, 2.24) is 10.3 Å². The lowest BCUT2D eigenvalue weighted by atomic mass is 10.1. The fourth-order valence-electron chi connectivity index (χ4n) is 1.89. The molecule has 2 N–H and O–H groups in total. The number of hydrogen-bond acceptors (Lipinski definition) is 4. The minimum atomic E-state index is -0.457. The second-order valence-corrected chi connectivity index (χ2v) is 4.20. The number of carbonyl (C=O) groups is 1. The third-order valence-corrected chi connectivity index (χ3v) is 2.94. The third kappa shape index (κ3) is 3.13. The molecule has 2 aromatic rings. The number of aliphatic hydroxyl groups excluding tert-OH is 1. The summed E-state index contributed by atoms with van der Waals surface area (Å²) >= 11 is 0. The summed E-state index contributed by atoms with van der Waals surface area (Å²) in [5, 5.41) is 12.2. The lowest BCUT2D eigenvalue weighted by Crippen LogP contribution is -2.31. The predicted octanol–water partition coefficient (Wildman–Crippen LogP) is 1.55. The lowest BCUT2D eigenvalue weighted by Gasteiger charge is -2.17. The first-order valence-corrected chi connectivity index (χ1v) is 6.21. The molecule has 1 heterocycles. The molecule has 0 saturated carbocycles. The van der Waals surface area contributed by atoms with Gasteiger partial charge in [-0.05, 0) is 11.6 Å². The number of aliphatic hydroxyl groups is 1. The number of carbonyl (C=O) groups excluding carboxylic acids is 1. The molecule has 5 nitrogen and oxygen atoms in total. The van der Waals surface area contributed by atoms with E-state index in [1.165, 1.54) is 19.5 Å². The maximum absolute atomic E-state index is 12.2. The number of pyridine rings is 1. The van der Waals surface area contributed by atoms with Crippen LogP contribution in [0.3, 0.4) is 0 Å². The van der Waals surface area contributed by atoms with Crippen LogP contribution < -0.4 is 10.1 Å². The van der Waals surface area contributed by atoms with Crippen molar-refractivity contribution in [1.29, 1.82) is 0 Å². The van der Waals surface area contributed by atoms with E-state index >= 15 is 0 Å². The van der Waals surface area contributed by atoms with Gasteiger partial charge >= 0.3 is 0 Å². The number of methoxy groups -OCH3 is 1. The van der Waals surface area contributed by atoms with E-state index in [2.05, 4.69) is 10.3 Å². The number of rotatable bonds is 5. The summed E-state index contributed by atoms with van der Waals surface area (Å²) in [5.74, 6) is 0.0851. The molecule has 0 spiro atoms. The molecule has 0 aliphatic carbocycles. The number of aromatic nitrogens is 1. The van der Waals surface area contributed by atoms with Crippen molar-refractivity contribution in [3.63, 3.8) is 0 Å². The van der Waals surface area contributed by atoms with Crippen molar-refractivity contribution in [2.45, 2.75) is 6.04 Å². The Morgan fingerprint density at radius 3 is 2.75 bits per heavy atom. The van der Waals surface area contributed by atoms with Gasteiger partial charge < -0.3 is 15.2 Å². The molecule has 0 bridgehead atoms. The van der Waals surface area contributed by atoms with Gasteiger partial charge in [0.25, 0.3) is 5.91 Å². The molecular formula is C15H16N2O3. The molecule has 1 amide bonds. The van der Waals surface area contributed by atoms with Crippen LogP contribution in [0, 0.1) is 0 Å². The van der Waals surface area contributed by atoms with Crippen LogP contribution >= 0.6 is 0 Å². The van der Waals surface area contributed by atoms with Crippen LogP contribution in [0.1, 0.15) is 22.0 Å². The Hall–Kier alpha value is -2.40. The normalized spacial score (nSPS) is 11.7.